The van der Waals surface area contributed by atoms with Crippen molar-refractivity contribution >= 4 is 0 Å². The number of likely N-dealkylation sites (tertiary alicyclic amines) is 1. The number of piperidine rings is 1. The van der Waals surface area contributed by atoms with Gasteiger partial charge in [-0.15, -0.1) is 0 Å². The van der Waals surface area contributed by atoms with Gasteiger partial charge in [-0.05, 0) is 40.5 Å². The van der Waals surface area contributed by atoms with Crippen molar-refractivity contribution in [3.8, 4) is 11.8 Å². The summed E-state index contributed by atoms with van der Waals surface area (Å²) in [4.78, 5) is 2.24. The van der Waals surface area contributed by atoms with Crippen LogP contribution in [-0.2, 0) is 0 Å². The summed E-state index contributed by atoms with van der Waals surface area (Å²) < 4.78 is 13.5. The van der Waals surface area contributed by atoms with Crippen LogP contribution in [0.1, 0.15) is 40.5 Å². The van der Waals surface area contributed by atoms with E-state index in [-0.39, 0.29) is 5.41 Å². The van der Waals surface area contributed by atoms with Crippen LogP contribution in [0.3, 0.4) is 0 Å². The third kappa shape index (κ3) is 5.18. The van der Waals surface area contributed by atoms with Gasteiger partial charge in [0.25, 0.3) is 0 Å². The highest BCUT2D eigenvalue weighted by Crippen LogP contribution is 2.25. The van der Waals surface area contributed by atoms with Crippen LogP contribution < -0.4 is 0 Å². The van der Waals surface area contributed by atoms with E-state index in [9.17, 15) is 4.39 Å². The van der Waals surface area contributed by atoms with Gasteiger partial charge in [-0.25, -0.2) is 4.39 Å². The largest absolute Gasteiger partial charge is 0.292 e. The van der Waals surface area contributed by atoms with Crippen LogP contribution in [0.25, 0.3) is 0 Å². The van der Waals surface area contributed by atoms with Crippen molar-refractivity contribution in [1.29, 1.82) is 0 Å². The van der Waals surface area contributed by atoms with Crippen molar-refractivity contribution < 1.29 is 4.39 Å². The van der Waals surface area contributed by atoms with Crippen LogP contribution in [0.2, 0.25) is 0 Å². The quantitative estimate of drug-likeness (QED) is 0.603. The Hall–Kier alpha value is -0.550. The summed E-state index contributed by atoms with van der Waals surface area (Å²) >= 11 is 0. The summed E-state index contributed by atoms with van der Waals surface area (Å²) in [6, 6.07) is 0. The maximum absolute atomic E-state index is 13.5. The van der Waals surface area contributed by atoms with Gasteiger partial charge < -0.3 is 0 Å². The van der Waals surface area contributed by atoms with Crippen LogP contribution in [0.15, 0.2) is 0 Å². The summed E-state index contributed by atoms with van der Waals surface area (Å²) in [5, 5.41) is 0. The molecule has 0 saturated carbocycles. The molecule has 0 N–H and O–H groups in total. The van der Waals surface area contributed by atoms with E-state index >= 15 is 0 Å². The Morgan fingerprint density at radius 1 is 1.27 bits per heavy atom. The predicted octanol–water partition coefficient (Wildman–Crippen LogP) is 2.86. The lowest BCUT2D eigenvalue weighted by Gasteiger charge is -2.32. The molecule has 0 amide bonds. The molecule has 0 radical (unpaired) electrons. The lowest BCUT2D eigenvalue weighted by Crippen LogP contribution is -2.40. The highest BCUT2D eigenvalue weighted by Gasteiger charge is 2.28. The van der Waals surface area contributed by atoms with Crippen molar-refractivity contribution in [3.05, 3.63) is 0 Å². The highest BCUT2D eigenvalue weighted by molar-refractivity contribution is 5.09. The third-order valence-electron chi connectivity index (χ3n) is 2.66. The van der Waals surface area contributed by atoms with Gasteiger partial charge in [-0.1, -0.05) is 11.8 Å². The molecular weight excluding hydrogens is 189 g/mol. The Balaban J connectivity index is 2.33. The van der Waals surface area contributed by atoms with Crippen molar-refractivity contribution in [1.82, 2.24) is 4.90 Å². The summed E-state index contributed by atoms with van der Waals surface area (Å²) in [6.45, 7) is 10.5. The van der Waals surface area contributed by atoms with E-state index in [2.05, 4.69) is 37.5 Å². The normalized spacial score (nSPS) is 21.9. The molecule has 0 unspecified atom stereocenters. The Kier molecular flexibility index (Phi) is 3.78. The van der Waals surface area contributed by atoms with Crippen molar-refractivity contribution in [2.24, 2.45) is 5.41 Å². The lowest BCUT2D eigenvalue weighted by molar-refractivity contribution is 0.0810. The highest BCUT2D eigenvalue weighted by atomic mass is 19.1. The second kappa shape index (κ2) is 4.53. The molecule has 1 heterocycles. The molecule has 1 aliphatic heterocycles. The van der Waals surface area contributed by atoms with E-state index in [0.717, 1.165) is 19.6 Å². The van der Waals surface area contributed by atoms with Crippen molar-refractivity contribution in [2.45, 2.75) is 46.2 Å². The average molecular weight is 211 g/mol. The standard InChI is InChI=1S/C13H22FN/c1-12(2,3)6-5-9-15-10-7-13(4,14)8-11-15/h7-11H2,1-4H3. The minimum atomic E-state index is -0.950. The minimum Gasteiger partial charge on any atom is -0.292 e. The van der Waals surface area contributed by atoms with Crippen molar-refractivity contribution in [3.63, 3.8) is 0 Å². The van der Waals surface area contributed by atoms with Crippen LogP contribution in [0.5, 0.6) is 0 Å². The Morgan fingerprint density at radius 3 is 2.27 bits per heavy atom. The van der Waals surface area contributed by atoms with E-state index in [1.807, 2.05) is 0 Å². The average Bonchev–Trinajstić information content (AvgIpc) is 2.06. The van der Waals surface area contributed by atoms with E-state index in [0.29, 0.717) is 12.8 Å². The molecule has 2 heteroatoms. The molecule has 1 nitrogen and oxygen atoms in total. The number of halogens is 1. The van der Waals surface area contributed by atoms with Gasteiger partial charge in [-0.3, -0.25) is 4.90 Å². The summed E-state index contributed by atoms with van der Waals surface area (Å²) in [6.07, 6.45) is 1.29. The second-order valence-corrected chi connectivity index (χ2v) is 5.74. The fourth-order valence-electron chi connectivity index (χ4n) is 1.59. The second-order valence-electron chi connectivity index (χ2n) is 5.74. The number of hydrogen-bond donors (Lipinski definition) is 0. The van der Waals surface area contributed by atoms with Gasteiger partial charge in [0, 0.05) is 18.5 Å². The zero-order chi connectivity index (χ0) is 11.5. The molecule has 0 spiro atoms. The fourth-order valence-corrected chi connectivity index (χ4v) is 1.59. The van der Waals surface area contributed by atoms with E-state index in [1.165, 1.54) is 0 Å². The first-order valence-electron chi connectivity index (χ1n) is 5.70. The number of alkyl halides is 1. The number of rotatable bonds is 1. The zero-order valence-electron chi connectivity index (χ0n) is 10.4. The Bertz CT molecular complexity index is 254. The van der Waals surface area contributed by atoms with Gasteiger partial charge >= 0.3 is 0 Å². The third-order valence-corrected chi connectivity index (χ3v) is 2.66. The topological polar surface area (TPSA) is 3.24 Å². The SMILES string of the molecule is CC(C)(C)C#CCN1CCC(C)(F)CC1. The molecule has 0 aliphatic carbocycles. The lowest BCUT2D eigenvalue weighted by atomic mass is 9.95. The first-order chi connectivity index (χ1) is 6.79. The number of hydrogen-bond acceptors (Lipinski definition) is 1. The molecule has 1 rings (SSSR count). The molecule has 0 aromatic carbocycles. The molecule has 0 aromatic heterocycles. The van der Waals surface area contributed by atoms with Gasteiger partial charge in [-0.2, -0.15) is 0 Å². The van der Waals surface area contributed by atoms with E-state index in [1.54, 1.807) is 6.92 Å². The monoisotopic (exact) mass is 211 g/mol. The molecule has 0 atom stereocenters. The van der Waals surface area contributed by atoms with Crippen LogP contribution in [0.4, 0.5) is 4.39 Å². The molecule has 1 aliphatic rings. The molecule has 0 bridgehead atoms. The summed E-state index contributed by atoms with van der Waals surface area (Å²) in [7, 11) is 0. The molecule has 86 valence electrons. The first-order valence-corrected chi connectivity index (χ1v) is 5.70. The van der Waals surface area contributed by atoms with E-state index in [4.69, 9.17) is 0 Å². The smallest absolute Gasteiger partial charge is 0.110 e. The molecule has 1 saturated heterocycles. The molecule has 0 aromatic rings. The van der Waals surface area contributed by atoms with Crippen LogP contribution >= 0.6 is 0 Å². The van der Waals surface area contributed by atoms with Crippen LogP contribution in [-0.4, -0.2) is 30.2 Å². The summed E-state index contributed by atoms with van der Waals surface area (Å²) in [5.74, 6) is 6.38. The molecular formula is C13H22FN. The van der Waals surface area contributed by atoms with Gasteiger partial charge in [0.1, 0.15) is 5.67 Å². The Labute approximate surface area is 93.0 Å². The first kappa shape index (κ1) is 12.5. The van der Waals surface area contributed by atoms with E-state index < -0.39 is 5.67 Å². The predicted molar refractivity (Wildman–Crippen MR) is 62.4 cm³/mol. The van der Waals surface area contributed by atoms with Crippen LogP contribution in [0, 0.1) is 17.3 Å². The Morgan fingerprint density at radius 2 is 1.80 bits per heavy atom. The van der Waals surface area contributed by atoms with Crippen molar-refractivity contribution in [2.75, 3.05) is 19.6 Å². The summed E-state index contributed by atoms with van der Waals surface area (Å²) in [5.41, 5.74) is -0.877. The minimum absolute atomic E-state index is 0.0738. The molecule has 1 fully saturated rings. The fraction of sp³-hybridized carbons (Fsp3) is 0.846. The maximum Gasteiger partial charge on any atom is 0.110 e. The van der Waals surface area contributed by atoms with Gasteiger partial charge in [0.05, 0.1) is 6.54 Å². The van der Waals surface area contributed by atoms with Gasteiger partial charge in [0.15, 0.2) is 0 Å². The van der Waals surface area contributed by atoms with Gasteiger partial charge in [0.2, 0.25) is 0 Å². The maximum atomic E-state index is 13.5. The number of nitrogens with zero attached hydrogens (tertiary/aromatic N) is 1. The zero-order valence-corrected chi connectivity index (χ0v) is 10.4. The molecule has 15 heavy (non-hydrogen) atoms.